The SMILES string of the molecule is COC(=O)C1(c2ccccc2)NC(c2ccc(O)cc2)C2C(=O)N(c3ccc(F)cc3)C(=O)C21. The van der Waals surface area contributed by atoms with E-state index in [4.69, 9.17) is 4.74 Å². The Morgan fingerprint density at radius 1 is 0.971 bits per heavy atom. The number of methoxy groups -OCH3 is 1. The van der Waals surface area contributed by atoms with E-state index in [9.17, 15) is 23.9 Å². The molecular formula is C26H21FN2O5. The van der Waals surface area contributed by atoms with Crippen LogP contribution in [0.25, 0.3) is 0 Å². The van der Waals surface area contributed by atoms with Crippen LogP contribution in [0.2, 0.25) is 0 Å². The molecule has 0 bridgehead atoms. The fourth-order valence-corrected chi connectivity index (χ4v) is 5.15. The summed E-state index contributed by atoms with van der Waals surface area (Å²) in [5.74, 6) is -4.29. The molecular weight excluding hydrogens is 439 g/mol. The first-order valence-electron chi connectivity index (χ1n) is 10.7. The number of nitrogens with one attached hydrogen (secondary N) is 1. The van der Waals surface area contributed by atoms with Gasteiger partial charge < -0.3 is 9.84 Å². The van der Waals surface area contributed by atoms with Gasteiger partial charge in [0.15, 0.2) is 5.54 Å². The standard InChI is InChI=1S/C26H21FN2O5/c1-34-25(33)26(16-5-3-2-4-6-16)21-20(22(28-26)15-7-13-19(30)14-8-15)23(31)29(24(21)32)18-11-9-17(27)10-12-18/h2-14,20-22,28,30H,1H3. The van der Waals surface area contributed by atoms with Gasteiger partial charge in [-0.15, -0.1) is 0 Å². The Kier molecular flexibility index (Phi) is 5.17. The Morgan fingerprint density at radius 2 is 1.62 bits per heavy atom. The van der Waals surface area contributed by atoms with Crippen LogP contribution in [0, 0.1) is 17.7 Å². The smallest absolute Gasteiger partial charge is 0.331 e. The number of anilines is 1. The topological polar surface area (TPSA) is 95.9 Å². The van der Waals surface area contributed by atoms with Crippen molar-refractivity contribution in [3.05, 3.63) is 95.8 Å². The fraction of sp³-hybridized carbons (Fsp3) is 0.192. The largest absolute Gasteiger partial charge is 0.508 e. The second kappa shape index (κ2) is 8.07. The van der Waals surface area contributed by atoms with Crippen molar-refractivity contribution in [1.29, 1.82) is 0 Å². The van der Waals surface area contributed by atoms with Crippen LogP contribution < -0.4 is 10.2 Å². The number of imide groups is 1. The van der Waals surface area contributed by atoms with Crippen LogP contribution in [0.1, 0.15) is 17.2 Å². The van der Waals surface area contributed by atoms with Crippen LogP contribution in [0.3, 0.4) is 0 Å². The summed E-state index contributed by atoms with van der Waals surface area (Å²) in [6.45, 7) is 0. The van der Waals surface area contributed by atoms with Crippen molar-refractivity contribution in [1.82, 2.24) is 5.32 Å². The lowest BCUT2D eigenvalue weighted by atomic mass is 9.75. The molecule has 2 aliphatic heterocycles. The normalized spacial score (nSPS) is 25.9. The van der Waals surface area contributed by atoms with E-state index in [2.05, 4.69) is 5.32 Å². The molecule has 8 heteroatoms. The van der Waals surface area contributed by atoms with Gasteiger partial charge in [0.05, 0.1) is 24.6 Å². The van der Waals surface area contributed by atoms with Crippen molar-refractivity contribution in [2.75, 3.05) is 12.0 Å². The molecule has 2 saturated heterocycles. The molecule has 34 heavy (non-hydrogen) atoms. The zero-order valence-corrected chi connectivity index (χ0v) is 18.1. The Balaban J connectivity index is 1.72. The molecule has 0 aliphatic carbocycles. The number of fused-ring (bicyclic) bond motifs is 1. The highest BCUT2D eigenvalue weighted by Crippen LogP contribution is 2.54. The Hall–Kier alpha value is -4.04. The molecule has 5 rings (SSSR count). The van der Waals surface area contributed by atoms with Gasteiger partial charge in [-0.05, 0) is 47.5 Å². The van der Waals surface area contributed by atoms with E-state index in [0.717, 1.165) is 4.90 Å². The number of amides is 2. The molecule has 0 aromatic heterocycles. The van der Waals surface area contributed by atoms with E-state index in [1.807, 2.05) is 0 Å². The summed E-state index contributed by atoms with van der Waals surface area (Å²) in [7, 11) is 1.23. The molecule has 2 fully saturated rings. The Labute approximate surface area is 194 Å². The van der Waals surface area contributed by atoms with Crippen molar-refractivity contribution in [2.24, 2.45) is 11.8 Å². The maximum atomic E-state index is 13.8. The lowest BCUT2D eigenvalue weighted by Crippen LogP contribution is -2.53. The predicted molar refractivity (Wildman–Crippen MR) is 120 cm³/mol. The number of hydrogen-bond acceptors (Lipinski definition) is 6. The van der Waals surface area contributed by atoms with Crippen molar-refractivity contribution in [3.8, 4) is 5.75 Å². The molecule has 0 saturated carbocycles. The number of benzene rings is 3. The number of esters is 1. The lowest BCUT2D eigenvalue weighted by Gasteiger charge is -2.33. The van der Waals surface area contributed by atoms with Crippen LogP contribution in [-0.2, 0) is 24.7 Å². The predicted octanol–water partition coefficient (Wildman–Crippen LogP) is 3.05. The number of phenolic OH excluding ortho intramolecular Hbond substituents is 1. The molecule has 0 radical (unpaired) electrons. The van der Waals surface area contributed by atoms with Crippen LogP contribution in [0.15, 0.2) is 78.9 Å². The van der Waals surface area contributed by atoms with E-state index in [1.165, 1.54) is 43.5 Å². The highest BCUT2D eigenvalue weighted by Gasteiger charge is 2.69. The summed E-state index contributed by atoms with van der Waals surface area (Å²) in [5, 5.41) is 13.0. The molecule has 0 spiro atoms. The molecule has 2 heterocycles. The minimum Gasteiger partial charge on any atom is -0.508 e. The molecule has 4 unspecified atom stereocenters. The molecule has 7 nitrogen and oxygen atoms in total. The molecule has 2 amide bonds. The van der Waals surface area contributed by atoms with E-state index < -0.39 is 47.0 Å². The van der Waals surface area contributed by atoms with Gasteiger partial charge in [-0.3, -0.25) is 14.9 Å². The summed E-state index contributed by atoms with van der Waals surface area (Å²) < 4.78 is 18.7. The number of ether oxygens (including phenoxy) is 1. The van der Waals surface area contributed by atoms with Gasteiger partial charge in [-0.2, -0.15) is 0 Å². The molecule has 3 aromatic rings. The van der Waals surface area contributed by atoms with Gasteiger partial charge in [0.1, 0.15) is 11.6 Å². The average molecular weight is 460 g/mol. The molecule has 3 aromatic carbocycles. The first kappa shape index (κ1) is 21.8. The van der Waals surface area contributed by atoms with Crippen molar-refractivity contribution in [3.63, 3.8) is 0 Å². The summed E-state index contributed by atoms with van der Waals surface area (Å²) >= 11 is 0. The lowest BCUT2D eigenvalue weighted by molar-refractivity contribution is -0.152. The quantitative estimate of drug-likeness (QED) is 0.459. The summed E-state index contributed by atoms with van der Waals surface area (Å²) in [5.41, 5.74) is -0.302. The third-order valence-electron chi connectivity index (χ3n) is 6.63. The highest BCUT2D eigenvalue weighted by molar-refractivity contribution is 6.24. The summed E-state index contributed by atoms with van der Waals surface area (Å²) in [4.78, 5) is 42.0. The van der Waals surface area contributed by atoms with E-state index in [1.54, 1.807) is 42.5 Å². The minimum absolute atomic E-state index is 0.0438. The van der Waals surface area contributed by atoms with E-state index in [-0.39, 0.29) is 11.4 Å². The minimum atomic E-state index is -1.63. The van der Waals surface area contributed by atoms with E-state index >= 15 is 0 Å². The van der Waals surface area contributed by atoms with Gasteiger partial charge >= 0.3 is 5.97 Å². The van der Waals surface area contributed by atoms with Crippen LogP contribution >= 0.6 is 0 Å². The van der Waals surface area contributed by atoms with E-state index in [0.29, 0.717) is 11.1 Å². The van der Waals surface area contributed by atoms with Crippen LogP contribution in [0.5, 0.6) is 5.75 Å². The molecule has 2 aliphatic rings. The second-order valence-corrected chi connectivity index (χ2v) is 8.37. The number of halogens is 1. The Bertz CT molecular complexity index is 1260. The second-order valence-electron chi connectivity index (χ2n) is 8.37. The van der Waals surface area contributed by atoms with Crippen molar-refractivity contribution < 1.29 is 28.6 Å². The third-order valence-corrected chi connectivity index (χ3v) is 6.63. The first-order chi connectivity index (χ1) is 16.4. The van der Waals surface area contributed by atoms with Gasteiger partial charge in [0, 0.05) is 6.04 Å². The van der Waals surface area contributed by atoms with Crippen LogP contribution in [-0.4, -0.2) is 30.0 Å². The number of nitrogens with zero attached hydrogens (tertiary/aromatic N) is 1. The molecule has 2 N–H and O–H groups in total. The average Bonchev–Trinajstić information content (AvgIpc) is 3.35. The summed E-state index contributed by atoms with van der Waals surface area (Å²) in [6.07, 6.45) is 0. The number of rotatable bonds is 4. The number of hydrogen-bond donors (Lipinski definition) is 2. The molecule has 172 valence electrons. The Morgan fingerprint density at radius 3 is 2.24 bits per heavy atom. The fourth-order valence-electron chi connectivity index (χ4n) is 5.15. The maximum absolute atomic E-state index is 13.8. The number of aromatic hydroxyl groups is 1. The zero-order chi connectivity index (χ0) is 24.0. The van der Waals surface area contributed by atoms with Gasteiger partial charge in [-0.25, -0.2) is 14.1 Å². The summed E-state index contributed by atoms with van der Waals surface area (Å²) in [6, 6.07) is 19.2. The first-order valence-corrected chi connectivity index (χ1v) is 10.7. The maximum Gasteiger partial charge on any atom is 0.331 e. The molecule has 4 atom stereocenters. The van der Waals surface area contributed by atoms with Gasteiger partial charge in [-0.1, -0.05) is 42.5 Å². The van der Waals surface area contributed by atoms with Gasteiger partial charge in [0.25, 0.3) is 0 Å². The number of carbonyl (C=O) groups is 3. The number of phenols is 1. The third kappa shape index (κ3) is 3.10. The van der Waals surface area contributed by atoms with Crippen LogP contribution in [0.4, 0.5) is 10.1 Å². The van der Waals surface area contributed by atoms with Gasteiger partial charge in [0.2, 0.25) is 11.8 Å². The van der Waals surface area contributed by atoms with Crippen molar-refractivity contribution in [2.45, 2.75) is 11.6 Å². The highest BCUT2D eigenvalue weighted by atomic mass is 19.1. The number of carbonyl (C=O) groups excluding carboxylic acids is 3. The zero-order valence-electron chi connectivity index (χ0n) is 18.1. The monoisotopic (exact) mass is 460 g/mol. The van der Waals surface area contributed by atoms with Crippen molar-refractivity contribution >= 4 is 23.5 Å².